The topological polar surface area (TPSA) is 50.3 Å². The first-order valence-corrected chi connectivity index (χ1v) is 7.85. The predicted octanol–water partition coefficient (Wildman–Crippen LogP) is 2.46. The second-order valence-electron chi connectivity index (χ2n) is 6.55. The minimum Gasteiger partial charge on any atom is -0.373 e. The van der Waals surface area contributed by atoms with Crippen molar-refractivity contribution in [2.45, 2.75) is 26.4 Å². The standard InChI is InChI=1S/C17H24N4O/c1-13-4-5-15-14(10-13)16(20-12-19-15)18-6-7-21-8-9-22-17(2,3)11-21/h4-5,10,12H,6-9,11H2,1-3H3,(H,18,19,20). The van der Waals surface area contributed by atoms with E-state index in [0.717, 1.165) is 49.5 Å². The third kappa shape index (κ3) is 3.54. The van der Waals surface area contributed by atoms with E-state index in [4.69, 9.17) is 4.74 Å². The molecule has 2 heterocycles. The summed E-state index contributed by atoms with van der Waals surface area (Å²) in [5, 5.41) is 4.54. The van der Waals surface area contributed by atoms with E-state index in [1.54, 1.807) is 6.33 Å². The Hall–Kier alpha value is -1.72. The number of fused-ring (bicyclic) bond motifs is 1. The van der Waals surface area contributed by atoms with Crippen LogP contribution in [0.15, 0.2) is 24.5 Å². The van der Waals surface area contributed by atoms with Gasteiger partial charge in [0.15, 0.2) is 0 Å². The number of ether oxygens (including phenoxy) is 1. The summed E-state index contributed by atoms with van der Waals surface area (Å²) in [6.07, 6.45) is 1.62. The molecule has 5 heteroatoms. The van der Waals surface area contributed by atoms with E-state index < -0.39 is 0 Å². The van der Waals surface area contributed by atoms with Gasteiger partial charge in [0.05, 0.1) is 17.7 Å². The van der Waals surface area contributed by atoms with Crippen LogP contribution < -0.4 is 5.32 Å². The number of aromatic nitrogens is 2. The normalized spacial score (nSPS) is 18.5. The van der Waals surface area contributed by atoms with Crippen molar-refractivity contribution >= 4 is 16.7 Å². The van der Waals surface area contributed by atoms with Gasteiger partial charge in [-0.1, -0.05) is 11.6 Å². The molecule has 3 rings (SSSR count). The summed E-state index contributed by atoms with van der Waals surface area (Å²) in [5.41, 5.74) is 2.16. The van der Waals surface area contributed by atoms with Crippen molar-refractivity contribution in [1.82, 2.24) is 14.9 Å². The van der Waals surface area contributed by atoms with Gasteiger partial charge < -0.3 is 10.1 Å². The molecule has 0 bridgehead atoms. The molecule has 0 amide bonds. The van der Waals surface area contributed by atoms with Gasteiger partial charge in [0.25, 0.3) is 0 Å². The lowest BCUT2D eigenvalue weighted by atomic mass is 10.1. The van der Waals surface area contributed by atoms with Crippen molar-refractivity contribution in [3.63, 3.8) is 0 Å². The largest absolute Gasteiger partial charge is 0.373 e. The Kier molecular flexibility index (Phi) is 4.27. The lowest BCUT2D eigenvalue weighted by Gasteiger charge is -2.38. The van der Waals surface area contributed by atoms with E-state index >= 15 is 0 Å². The average molecular weight is 300 g/mol. The molecule has 0 radical (unpaired) electrons. The van der Waals surface area contributed by atoms with Crippen LogP contribution >= 0.6 is 0 Å². The predicted molar refractivity (Wildman–Crippen MR) is 89.2 cm³/mol. The Balaban J connectivity index is 1.63. The number of anilines is 1. The van der Waals surface area contributed by atoms with Crippen LogP contribution in [0.4, 0.5) is 5.82 Å². The van der Waals surface area contributed by atoms with E-state index in [2.05, 4.69) is 53.1 Å². The fourth-order valence-corrected chi connectivity index (χ4v) is 2.95. The van der Waals surface area contributed by atoms with Crippen LogP contribution in [0.2, 0.25) is 0 Å². The fourth-order valence-electron chi connectivity index (χ4n) is 2.95. The number of morpholine rings is 1. The van der Waals surface area contributed by atoms with E-state index in [1.165, 1.54) is 5.56 Å². The summed E-state index contributed by atoms with van der Waals surface area (Å²) < 4.78 is 5.75. The molecule has 2 aromatic rings. The Bertz CT molecular complexity index is 656. The number of rotatable bonds is 4. The Labute approximate surface area is 131 Å². The molecule has 1 aliphatic rings. The number of hydrogen-bond acceptors (Lipinski definition) is 5. The van der Waals surface area contributed by atoms with Gasteiger partial charge in [-0.05, 0) is 32.9 Å². The quantitative estimate of drug-likeness (QED) is 0.940. The van der Waals surface area contributed by atoms with Crippen LogP contribution in [-0.2, 0) is 4.74 Å². The van der Waals surface area contributed by atoms with Crippen LogP contribution in [0.25, 0.3) is 10.9 Å². The monoisotopic (exact) mass is 300 g/mol. The highest BCUT2D eigenvalue weighted by atomic mass is 16.5. The van der Waals surface area contributed by atoms with Crippen LogP contribution in [0, 0.1) is 6.92 Å². The molecule has 1 saturated heterocycles. The maximum absolute atomic E-state index is 5.75. The molecule has 118 valence electrons. The van der Waals surface area contributed by atoms with Gasteiger partial charge in [-0.2, -0.15) is 0 Å². The van der Waals surface area contributed by atoms with Gasteiger partial charge in [0, 0.05) is 31.6 Å². The maximum atomic E-state index is 5.75. The molecule has 0 aliphatic carbocycles. The Morgan fingerprint density at radius 1 is 1.32 bits per heavy atom. The molecule has 22 heavy (non-hydrogen) atoms. The molecule has 1 aromatic carbocycles. The zero-order valence-corrected chi connectivity index (χ0v) is 13.6. The SMILES string of the molecule is Cc1ccc2ncnc(NCCN3CCOC(C)(C)C3)c2c1. The number of nitrogens with zero attached hydrogens (tertiary/aromatic N) is 3. The summed E-state index contributed by atoms with van der Waals surface area (Å²) in [7, 11) is 0. The van der Waals surface area contributed by atoms with Gasteiger partial charge in [-0.25, -0.2) is 9.97 Å². The second kappa shape index (κ2) is 6.18. The van der Waals surface area contributed by atoms with Crippen molar-refractivity contribution in [3.8, 4) is 0 Å². The average Bonchev–Trinajstić information content (AvgIpc) is 2.47. The van der Waals surface area contributed by atoms with Crippen molar-refractivity contribution < 1.29 is 4.74 Å². The zero-order chi connectivity index (χ0) is 15.6. The van der Waals surface area contributed by atoms with Crippen molar-refractivity contribution in [2.75, 3.05) is 38.1 Å². The Morgan fingerprint density at radius 2 is 2.18 bits per heavy atom. The lowest BCUT2D eigenvalue weighted by Crippen LogP contribution is -2.49. The lowest BCUT2D eigenvalue weighted by molar-refractivity contribution is -0.0848. The molecule has 0 atom stereocenters. The Morgan fingerprint density at radius 3 is 3.00 bits per heavy atom. The smallest absolute Gasteiger partial charge is 0.137 e. The van der Waals surface area contributed by atoms with Gasteiger partial charge in [0.1, 0.15) is 12.1 Å². The van der Waals surface area contributed by atoms with Crippen LogP contribution in [-0.4, -0.2) is 53.3 Å². The first-order chi connectivity index (χ1) is 10.5. The number of nitrogens with one attached hydrogen (secondary N) is 1. The first kappa shape index (κ1) is 15.2. The van der Waals surface area contributed by atoms with Crippen molar-refractivity contribution in [1.29, 1.82) is 0 Å². The molecule has 1 N–H and O–H groups in total. The minimum absolute atomic E-state index is 0.0447. The van der Waals surface area contributed by atoms with Crippen LogP contribution in [0.1, 0.15) is 19.4 Å². The molecular weight excluding hydrogens is 276 g/mol. The molecule has 0 unspecified atom stereocenters. The van der Waals surface area contributed by atoms with Gasteiger partial charge in [-0.3, -0.25) is 4.90 Å². The molecule has 5 nitrogen and oxygen atoms in total. The third-order valence-corrected chi connectivity index (χ3v) is 4.02. The van der Waals surface area contributed by atoms with Gasteiger partial charge >= 0.3 is 0 Å². The molecule has 1 aliphatic heterocycles. The van der Waals surface area contributed by atoms with Crippen molar-refractivity contribution in [2.24, 2.45) is 0 Å². The highest BCUT2D eigenvalue weighted by Crippen LogP contribution is 2.20. The summed E-state index contributed by atoms with van der Waals surface area (Å²) in [6.45, 7) is 11.0. The van der Waals surface area contributed by atoms with E-state index in [0.29, 0.717) is 0 Å². The molecule has 0 saturated carbocycles. The van der Waals surface area contributed by atoms with Crippen LogP contribution in [0.5, 0.6) is 0 Å². The summed E-state index contributed by atoms with van der Waals surface area (Å²) >= 11 is 0. The highest BCUT2D eigenvalue weighted by Gasteiger charge is 2.26. The van der Waals surface area contributed by atoms with Gasteiger partial charge in [-0.15, -0.1) is 0 Å². The number of hydrogen-bond donors (Lipinski definition) is 1. The van der Waals surface area contributed by atoms with Gasteiger partial charge in [0.2, 0.25) is 0 Å². The zero-order valence-electron chi connectivity index (χ0n) is 13.6. The maximum Gasteiger partial charge on any atom is 0.137 e. The number of aryl methyl sites for hydroxylation is 1. The van der Waals surface area contributed by atoms with Crippen molar-refractivity contribution in [3.05, 3.63) is 30.1 Å². The van der Waals surface area contributed by atoms with E-state index in [1.807, 2.05) is 6.07 Å². The minimum atomic E-state index is -0.0447. The highest BCUT2D eigenvalue weighted by molar-refractivity contribution is 5.89. The number of benzene rings is 1. The molecule has 1 aromatic heterocycles. The fraction of sp³-hybridized carbons (Fsp3) is 0.529. The molecular formula is C17H24N4O. The van der Waals surface area contributed by atoms with Crippen LogP contribution in [0.3, 0.4) is 0 Å². The summed E-state index contributed by atoms with van der Waals surface area (Å²) in [4.78, 5) is 11.2. The molecule has 0 spiro atoms. The summed E-state index contributed by atoms with van der Waals surface area (Å²) in [6, 6.07) is 6.26. The van der Waals surface area contributed by atoms with E-state index in [9.17, 15) is 0 Å². The first-order valence-electron chi connectivity index (χ1n) is 7.85. The van der Waals surface area contributed by atoms with E-state index in [-0.39, 0.29) is 5.60 Å². The second-order valence-corrected chi connectivity index (χ2v) is 6.55. The summed E-state index contributed by atoms with van der Waals surface area (Å²) in [5.74, 6) is 0.918. The molecule has 1 fully saturated rings. The third-order valence-electron chi connectivity index (χ3n) is 4.02.